The third-order valence-electron chi connectivity index (χ3n) is 6.03. The molecule has 4 heterocycles. The van der Waals surface area contributed by atoms with E-state index in [-0.39, 0.29) is 12.0 Å². The molecular formula is C20H24N6O3. The van der Waals surface area contributed by atoms with E-state index < -0.39 is 12.2 Å². The van der Waals surface area contributed by atoms with Gasteiger partial charge in [-0.2, -0.15) is 0 Å². The Bertz CT molecular complexity index is 1040. The van der Waals surface area contributed by atoms with Crippen LogP contribution in [0.2, 0.25) is 0 Å². The first kappa shape index (κ1) is 18.1. The van der Waals surface area contributed by atoms with Crippen LogP contribution in [-0.4, -0.2) is 55.1 Å². The van der Waals surface area contributed by atoms with Gasteiger partial charge in [0.25, 0.3) is 0 Å². The molecule has 0 aromatic carbocycles. The van der Waals surface area contributed by atoms with Gasteiger partial charge in [-0.15, -0.1) is 0 Å². The predicted octanol–water partition coefficient (Wildman–Crippen LogP) is 1.13. The zero-order chi connectivity index (χ0) is 20.0. The number of nitrogens with one attached hydrogen (secondary N) is 1. The maximum absolute atomic E-state index is 10.7. The highest BCUT2D eigenvalue weighted by molar-refractivity contribution is 5.86. The van der Waals surface area contributed by atoms with Crippen molar-refractivity contribution in [2.75, 3.05) is 24.2 Å². The SMILES string of the molecule is Nc1ncnc2c1ccn2[C@@H]1C[C@H](CCc2cnc3c(c2)OCCN3)[C@@H](O)[C@H]1O. The van der Waals surface area contributed by atoms with Crippen LogP contribution in [0.25, 0.3) is 11.0 Å². The summed E-state index contributed by atoms with van der Waals surface area (Å²) in [6.07, 6.45) is 5.63. The Morgan fingerprint density at radius 3 is 3.03 bits per heavy atom. The van der Waals surface area contributed by atoms with Gasteiger partial charge in [-0.3, -0.25) is 0 Å². The number of aliphatic hydroxyl groups excluding tert-OH is 2. The van der Waals surface area contributed by atoms with E-state index in [2.05, 4.69) is 20.3 Å². The zero-order valence-corrected chi connectivity index (χ0v) is 15.9. The minimum atomic E-state index is -0.860. The van der Waals surface area contributed by atoms with E-state index in [1.165, 1.54) is 6.33 Å². The molecule has 2 aliphatic rings. The predicted molar refractivity (Wildman–Crippen MR) is 108 cm³/mol. The average Bonchev–Trinajstić information content (AvgIpc) is 3.29. The third-order valence-corrected chi connectivity index (χ3v) is 6.03. The van der Waals surface area contributed by atoms with Crippen molar-refractivity contribution in [3.8, 4) is 5.75 Å². The quantitative estimate of drug-likeness (QED) is 0.516. The van der Waals surface area contributed by atoms with Crippen LogP contribution in [0.1, 0.15) is 24.4 Å². The molecule has 0 spiro atoms. The zero-order valence-electron chi connectivity index (χ0n) is 15.9. The van der Waals surface area contributed by atoms with Crippen molar-refractivity contribution in [2.45, 2.75) is 37.5 Å². The van der Waals surface area contributed by atoms with E-state index >= 15 is 0 Å². The van der Waals surface area contributed by atoms with Crippen LogP contribution < -0.4 is 15.8 Å². The Balaban J connectivity index is 1.31. The minimum Gasteiger partial charge on any atom is -0.488 e. The fraction of sp³-hybridized carbons (Fsp3) is 0.450. The van der Waals surface area contributed by atoms with Crippen molar-refractivity contribution in [1.29, 1.82) is 0 Å². The standard InChI is InChI=1S/C20H24N6O3/c21-18-13-3-5-26(20(13)25-10-24-18)14-8-12(16(27)17(14)28)2-1-11-7-15-19(23-9-11)22-4-6-29-15/h3,5,7,9-10,12,14,16-17,27-28H,1-2,4,6,8H2,(H,22,23)(H2,21,24,25)/t12-,14+,16+,17-/m0/s1. The number of nitrogens with zero attached hydrogens (tertiary/aromatic N) is 4. The lowest BCUT2D eigenvalue weighted by molar-refractivity contribution is 0.00545. The molecule has 1 aliphatic carbocycles. The second kappa shape index (κ2) is 7.16. The van der Waals surface area contributed by atoms with E-state index in [0.29, 0.717) is 24.5 Å². The number of hydrogen-bond donors (Lipinski definition) is 4. The number of pyridine rings is 1. The number of fused-ring (bicyclic) bond motifs is 2. The number of hydrogen-bond acceptors (Lipinski definition) is 8. The molecule has 3 aromatic heterocycles. The fourth-order valence-electron chi connectivity index (χ4n) is 4.47. The van der Waals surface area contributed by atoms with Crippen molar-refractivity contribution >= 4 is 22.7 Å². The van der Waals surface area contributed by atoms with Gasteiger partial charge in [0, 0.05) is 12.4 Å². The van der Waals surface area contributed by atoms with E-state index in [4.69, 9.17) is 10.5 Å². The lowest BCUT2D eigenvalue weighted by Gasteiger charge is -2.19. The first-order chi connectivity index (χ1) is 14.1. The Kier molecular flexibility index (Phi) is 4.48. The monoisotopic (exact) mass is 396 g/mol. The van der Waals surface area contributed by atoms with Gasteiger partial charge in [-0.05, 0) is 42.9 Å². The Labute approximate surface area is 167 Å². The molecule has 0 unspecified atom stereocenters. The van der Waals surface area contributed by atoms with Gasteiger partial charge in [0.2, 0.25) is 0 Å². The molecular weight excluding hydrogens is 372 g/mol. The largest absolute Gasteiger partial charge is 0.488 e. The number of aryl methyl sites for hydroxylation is 1. The fourth-order valence-corrected chi connectivity index (χ4v) is 4.47. The smallest absolute Gasteiger partial charge is 0.168 e. The average molecular weight is 396 g/mol. The van der Waals surface area contributed by atoms with Crippen molar-refractivity contribution in [3.63, 3.8) is 0 Å². The van der Waals surface area contributed by atoms with Gasteiger partial charge >= 0.3 is 0 Å². The van der Waals surface area contributed by atoms with Crippen LogP contribution in [0, 0.1) is 5.92 Å². The molecule has 0 radical (unpaired) electrons. The molecule has 29 heavy (non-hydrogen) atoms. The number of anilines is 2. The molecule has 3 aromatic rings. The number of aliphatic hydroxyl groups is 2. The highest BCUT2D eigenvalue weighted by Crippen LogP contribution is 2.40. The van der Waals surface area contributed by atoms with Crippen LogP contribution in [0.5, 0.6) is 5.75 Å². The van der Waals surface area contributed by atoms with Crippen LogP contribution in [-0.2, 0) is 6.42 Å². The summed E-state index contributed by atoms with van der Waals surface area (Å²) in [7, 11) is 0. The van der Waals surface area contributed by atoms with Crippen molar-refractivity contribution < 1.29 is 14.9 Å². The van der Waals surface area contributed by atoms with E-state index in [1.54, 1.807) is 0 Å². The highest BCUT2D eigenvalue weighted by Gasteiger charge is 2.42. The number of rotatable bonds is 4. The lowest BCUT2D eigenvalue weighted by atomic mass is 9.96. The molecule has 152 valence electrons. The summed E-state index contributed by atoms with van der Waals surface area (Å²) < 4.78 is 7.55. The van der Waals surface area contributed by atoms with Crippen molar-refractivity contribution in [1.82, 2.24) is 19.5 Å². The van der Waals surface area contributed by atoms with E-state index in [1.807, 2.05) is 29.1 Å². The van der Waals surface area contributed by atoms with Gasteiger partial charge < -0.3 is 30.6 Å². The summed E-state index contributed by atoms with van der Waals surface area (Å²) >= 11 is 0. The van der Waals surface area contributed by atoms with Gasteiger partial charge in [0.05, 0.1) is 24.1 Å². The Hall–Kier alpha value is -2.91. The van der Waals surface area contributed by atoms with Crippen LogP contribution in [0.3, 0.4) is 0 Å². The van der Waals surface area contributed by atoms with E-state index in [0.717, 1.165) is 41.9 Å². The molecule has 5 rings (SSSR count). The summed E-state index contributed by atoms with van der Waals surface area (Å²) in [5, 5.41) is 25.3. The van der Waals surface area contributed by atoms with Crippen LogP contribution >= 0.6 is 0 Å². The number of aromatic nitrogens is 4. The Morgan fingerprint density at radius 2 is 2.14 bits per heavy atom. The second-order valence-electron chi connectivity index (χ2n) is 7.77. The summed E-state index contributed by atoms with van der Waals surface area (Å²) in [5.41, 5.74) is 7.66. The molecule has 0 bridgehead atoms. The van der Waals surface area contributed by atoms with Crippen LogP contribution in [0.15, 0.2) is 30.9 Å². The Morgan fingerprint density at radius 1 is 1.24 bits per heavy atom. The molecule has 1 saturated carbocycles. The number of nitrogens with two attached hydrogens (primary N) is 1. The normalized spacial score (nSPS) is 26.1. The van der Waals surface area contributed by atoms with Crippen molar-refractivity contribution in [3.05, 3.63) is 36.4 Å². The molecule has 1 fully saturated rings. The second-order valence-corrected chi connectivity index (χ2v) is 7.77. The van der Waals surface area contributed by atoms with Gasteiger partial charge in [-0.1, -0.05) is 0 Å². The molecule has 9 nitrogen and oxygen atoms in total. The molecule has 0 saturated heterocycles. The molecule has 4 atom stereocenters. The summed E-state index contributed by atoms with van der Waals surface area (Å²) in [4.78, 5) is 12.7. The number of ether oxygens (including phenoxy) is 1. The molecule has 9 heteroatoms. The first-order valence-corrected chi connectivity index (χ1v) is 9.90. The summed E-state index contributed by atoms with van der Waals surface area (Å²) in [5.74, 6) is 1.93. The summed E-state index contributed by atoms with van der Waals surface area (Å²) in [6, 6.07) is 3.60. The maximum atomic E-state index is 10.7. The van der Waals surface area contributed by atoms with Crippen LogP contribution in [0.4, 0.5) is 11.6 Å². The molecule has 1 aliphatic heterocycles. The molecule has 5 N–H and O–H groups in total. The first-order valence-electron chi connectivity index (χ1n) is 9.90. The molecule has 0 amide bonds. The summed E-state index contributed by atoms with van der Waals surface area (Å²) in [6.45, 7) is 1.39. The van der Waals surface area contributed by atoms with Crippen molar-refractivity contribution in [2.24, 2.45) is 5.92 Å². The van der Waals surface area contributed by atoms with Gasteiger partial charge in [0.1, 0.15) is 30.5 Å². The van der Waals surface area contributed by atoms with Gasteiger partial charge in [0.15, 0.2) is 11.6 Å². The minimum absolute atomic E-state index is 0.0262. The number of nitrogen functional groups attached to an aromatic ring is 1. The maximum Gasteiger partial charge on any atom is 0.168 e. The topological polar surface area (TPSA) is 131 Å². The lowest BCUT2D eigenvalue weighted by Crippen LogP contribution is -2.29. The highest BCUT2D eigenvalue weighted by atomic mass is 16.5. The third kappa shape index (κ3) is 3.16. The van der Waals surface area contributed by atoms with Gasteiger partial charge in [-0.25, -0.2) is 15.0 Å². The van der Waals surface area contributed by atoms with E-state index in [9.17, 15) is 10.2 Å².